The second-order valence-electron chi connectivity index (χ2n) is 6.27. The summed E-state index contributed by atoms with van der Waals surface area (Å²) >= 11 is 0. The van der Waals surface area contributed by atoms with Crippen molar-refractivity contribution in [3.63, 3.8) is 0 Å². The molecule has 2 heteroatoms. The predicted octanol–water partition coefficient (Wildman–Crippen LogP) is 5.85. The lowest BCUT2D eigenvalue weighted by Crippen LogP contribution is -1.98. The van der Waals surface area contributed by atoms with Crippen LogP contribution in [0.4, 0.5) is 11.4 Å². The van der Waals surface area contributed by atoms with E-state index in [1.54, 1.807) is 0 Å². The lowest BCUT2D eigenvalue weighted by molar-refractivity contribution is 1.55. The molecule has 0 unspecified atom stereocenters. The molecule has 0 aliphatic carbocycles. The van der Waals surface area contributed by atoms with Crippen LogP contribution in [0.15, 0.2) is 97.1 Å². The molecule has 4 aromatic carbocycles. The quantitative estimate of drug-likeness (QED) is 0.461. The highest BCUT2D eigenvalue weighted by atomic mass is 14.6. The Hall–Kier alpha value is -3.52. The van der Waals surface area contributed by atoms with Crippen LogP contribution in [0.5, 0.6) is 0 Å². The third-order valence-electron chi connectivity index (χ3n) is 4.61. The number of hydrogen-bond donors (Lipinski definition) is 2. The fraction of sp³-hybridized carbons (Fsp3) is 0. The van der Waals surface area contributed by atoms with E-state index < -0.39 is 0 Å². The molecule has 0 heterocycles. The zero-order chi connectivity index (χ0) is 17.9. The van der Waals surface area contributed by atoms with Crippen molar-refractivity contribution in [2.24, 2.45) is 0 Å². The Balaban J connectivity index is 2.08. The molecule has 126 valence electrons. The Morgan fingerprint density at radius 3 is 1.50 bits per heavy atom. The fourth-order valence-electron chi connectivity index (χ4n) is 3.43. The van der Waals surface area contributed by atoms with Gasteiger partial charge in [0.15, 0.2) is 0 Å². The van der Waals surface area contributed by atoms with Crippen molar-refractivity contribution >= 4 is 11.4 Å². The van der Waals surface area contributed by atoms with Crippen LogP contribution in [0.25, 0.3) is 33.4 Å². The SMILES string of the molecule is Nc1cccc(N)c1-c1cccc(-c2ccccc2)c1-c1ccccc1. The van der Waals surface area contributed by atoms with Crippen LogP contribution in [0.1, 0.15) is 0 Å². The molecule has 0 radical (unpaired) electrons. The summed E-state index contributed by atoms with van der Waals surface area (Å²) in [7, 11) is 0. The minimum Gasteiger partial charge on any atom is -0.398 e. The Bertz CT molecular complexity index is 1020. The number of nitrogen functional groups attached to an aromatic ring is 2. The summed E-state index contributed by atoms with van der Waals surface area (Å²) in [6.07, 6.45) is 0. The molecule has 0 spiro atoms. The lowest BCUT2D eigenvalue weighted by Gasteiger charge is -2.18. The summed E-state index contributed by atoms with van der Waals surface area (Å²) in [4.78, 5) is 0. The van der Waals surface area contributed by atoms with Crippen LogP contribution < -0.4 is 11.5 Å². The van der Waals surface area contributed by atoms with Crippen LogP contribution >= 0.6 is 0 Å². The zero-order valence-electron chi connectivity index (χ0n) is 14.4. The third kappa shape index (κ3) is 2.82. The molecule has 2 nitrogen and oxygen atoms in total. The van der Waals surface area contributed by atoms with Crippen LogP contribution in [0.2, 0.25) is 0 Å². The fourth-order valence-corrected chi connectivity index (χ4v) is 3.43. The average molecular weight is 336 g/mol. The highest BCUT2D eigenvalue weighted by molar-refractivity contribution is 6.00. The van der Waals surface area contributed by atoms with Gasteiger partial charge in [0.25, 0.3) is 0 Å². The molecule has 0 amide bonds. The topological polar surface area (TPSA) is 52.0 Å². The molecule has 0 bridgehead atoms. The molecule has 0 aliphatic heterocycles. The predicted molar refractivity (Wildman–Crippen MR) is 112 cm³/mol. The number of anilines is 2. The second-order valence-corrected chi connectivity index (χ2v) is 6.27. The normalized spacial score (nSPS) is 10.6. The molecule has 0 fully saturated rings. The Labute approximate surface area is 153 Å². The van der Waals surface area contributed by atoms with E-state index in [-0.39, 0.29) is 0 Å². The van der Waals surface area contributed by atoms with E-state index in [2.05, 4.69) is 66.7 Å². The first-order valence-electron chi connectivity index (χ1n) is 8.64. The maximum atomic E-state index is 6.31. The van der Waals surface area contributed by atoms with E-state index in [1.807, 2.05) is 30.3 Å². The first-order valence-corrected chi connectivity index (χ1v) is 8.64. The first-order chi connectivity index (χ1) is 12.8. The summed E-state index contributed by atoms with van der Waals surface area (Å²) in [5.74, 6) is 0. The van der Waals surface area contributed by atoms with Gasteiger partial charge in [-0.15, -0.1) is 0 Å². The van der Waals surface area contributed by atoms with Crippen molar-refractivity contribution in [3.05, 3.63) is 97.1 Å². The van der Waals surface area contributed by atoms with Gasteiger partial charge in [-0.3, -0.25) is 0 Å². The molecule has 0 saturated carbocycles. The number of nitrogens with two attached hydrogens (primary N) is 2. The molecule has 0 atom stereocenters. The molecule has 26 heavy (non-hydrogen) atoms. The van der Waals surface area contributed by atoms with Gasteiger partial charge in [0, 0.05) is 16.9 Å². The van der Waals surface area contributed by atoms with Crippen LogP contribution in [-0.4, -0.2) is 0 Å². The monoisotopic (exact) mass is 336 g/mol. The van der Waals surface area contributed by atoms with Gasteiger partial charge in [-0.25, -0.2) is 0 Å². The zero-order valence-corrected chi connectivity index (χ0v) is 14.4. The highest BCUT2D eigenvalue weighted by Gasteiger charge is 2.16. The average Bonchev–Trinajstić information content (AvgIpc) is 2.69. The largest absolute Gasteiger partial charge is 0.398 e. The summed E-state index contributed by atoms with van der Waals surface area (Å²) in [6, 6.07) is 32.8. The Morgan fingerprint density at radius 1 is 0.385 bits per heavy atom. The lowest BCUT2D eigenvalue weighted by atomic mass is 9.86. The smallest absolute Gasteiger partial charge is 0.0414 e. The molecular weight excluding hydrogens is 316 g/mol. The van der Waals surface area contributed by atoms with Crippen LogP contribution in [-0.2, 0) is 0 Å². The van der Waals surface area contributed by atoms with Crippen molar-refractivity contribution in [2.45, 2.75) is 0 Å². The standard InChI is InChI=1S/C24H20N2/c25-21-15-8-16-22(26)24(21)20-14-7-13-19(17-9-3-1-4-10-17)23(20)18-11-5-2-6-12-18/h1-16H,25-26H2. The van der Waals surface area contributed by atoms with Crippen molar-refractivity contribution in [3.8, 4) is 33.4 Å². The molecule has 4 rings (SSSR count). The van der Waals surface area contributed by atoms with E-state index >= 15 is 0 Å². The third-order valence-corrected chi connectivity index (χ3v) is 4.61. The molecule has 4 N–H and O–H groups in total. The second kappa shape index (κ2) is 6.77. The molecule has 0 aromatic heterocycles. The van der Waals surface area contributed by atoms with Crippen molar-refractivity contribution in [1.29, 1.82) is 0 Å². The number of benzene rings is 4. The maximum absolute atomic E-state index is 6.31. The molecule has 0 aliphatic rings. The van der Waals surface area contributed by atoms with Gasteiger partial charge in [0.1, 0.15) is 0 Å². The maximum Gasteiger partial charge on any atom is 0.0414 e. The minimum atomic E-state index is 0.687. The van der Waals surface area contributed by atoms with Crippen molar-refractivity contribution < 1.29 is 0 Å². The van der Waals surface area contributed by atoms with Crippen molar-refractivity contribution in [1.82, 2.24) is 0 Å². The van der Waals surface area contributed by atoms with E-state index in [0.717, 1.165) is 27.8 Å². The number of rotatable bonds is 3. The van der Waals surface area contributed by atoms with E-state index in [1.165, 1.54) is 5.56 Å². The van der Waals surface area contributed by atoms with Gasteiger partial charge in [0.05, 0.1) is 0 Å². The summed E-state index contributed by atoms with van der Waals surface area (Å²) in [5, 5.41) is 0. The van der Waals surface area contributed by atoms with Crippen molar-refractivity contribution in [2.75, 3.05) is 11.5 Å². The van der Waals surface area contributed by atoms with E-state index in [9.17, 15) is 0 Å². The highest BCUT2D eigenvalue weighted by Crippen LogP contribution is 2.43. The minimum absolute atomic E-state index is 0.687. The van der Waals surface area contributed by atoms with E-state index in [4.69, 9.17) is 11.5 Å². The summed E-state index contributed by atoms with van der Waals surface area (Å²) in [5.41, 5.74) is 20.6. The summed E-state index contributed by atoms with van der Waals surface area (Å²) < 4.78 is 0. The Kier molecular flexibility index (Phi) is 4.16. The Morgan fingerprint density at radius 2 is 0.885 bits per heavy atom. The number of hydrogen-bond acceptors (Lipinski definition) is 2. The first kappa shape index (κ1) is 16.0. The van der Waals surface area contributed by atoms with Gasteiger partial charge >= 0.3 is 0 Å². The molecular formula is C24H20N2. The molecule has 4 aromatic rings. The van der Waals surface area contributed by atoms with E-state index in [0.29, 0.717) is 11.4 Å². The van der Waals surface area contributed by atoms with Crippen LogP contribution in [0, 0.1) is 0 Å². The summed E-state index contributed by atoms with van der Waals surface area (Å²) in [6.45, 7) is 0. The van der Waals surface area contributed by atoms with Gasteiger partial charge in [0.2, 0.25) is 0 Å². The van der Waals surface area contributed by atoms with Gasteiger partial charge < -0.3 is 11.5 Å². The van der Waals surface area contributed by atoms with Gasteiger partial charge in [-0.1, -0.05) is 84.9 Å². The molecule has 0 saturated heterocycles. The van der Waals surface area contributed by atoms with Gasteiger partial charge in [-0.2, -0.15) is 0 Å². The van der Waals surface area contributed by atoms with Gasteiger partial charge in [-0.05, 0) is 39.9 Å². The van der Waals surface area contributed by atoms with Crippen LogP contribution in [0.3, 0.4) is 0 Å².